The lowest BCUT2D eigenvalue weighted by Crippen LogP contribution is -2.28. The van der Waals surface area contributed by atoms with Crippen LogP contribution < -0.4 is 0 Å². The van der Waals surface area contributed by atoms with Gasteiger partial charge in [-0.15, -0.1) is 0 Å². The number of aliphatic hydroxyl groups excluding tert-OH is 1. The van der Waals surface area contributed by atoms with E-state index in [1.54, 1.807) is 6.07 Å². The van der Waals surface area contributed by atoms with Crippen molar-refractivity contribution in [3.8, 4) is 0 Å². The molecule has 0 saturated carbocycles. The summed E-state index contributed by atoms with van der Waals surface area (Å²) in [4.78, 5) is 12.1. The summed E-state index contributed by atoms with van der Waals surface area (Å²) in [5.74, 6) is 0. The highest BCUT2D eigenvalue weighted by Crippen LogP contribution is 2.21. The lowest BCUT2D eigenvalue weighted by Gasteiger charge is -2.20. The second-order valence-corrected chi connectivity index (χ2v) is 5.17. The van der Waals surface area contributed by atoms with Crippen molar-refractivity contribution in [3.05, 3.63) is 36.0 Å². The van der Waals surface area contributed by atoms with Gasteiger partial charge >= 0.3 is 6.09 Å². The number of carbonyl (C=O) groups excluding carboxylic acids is 1. The van der Waals surface area contributed by atoms with E-state index in [-0.39, 0.29) is 6.61 Å². The summed E-state index contributed by atoms with van der Waals surface area (Å²) in [6.07, 6.45) is -0.465. The Labute approximate surface area is 106 Å². The first-order chi connectivity index (χ1) is 8.42. The van der Waals surface area contributed by atoms with Crippen molar-refractivity contribution in [3.63, 3.8) is 0 Å². The van der Waals surface area contributed by atoms with Crippen LogP contribution in [0.15, 0.2) is 30.3 Å². The highest BCUT2D eigenvalue weighted by Gasteiger charge is 2.21. The largest absolute Gasteiger partial charge is 0.443 e. The fraction of sp³-hybridized carbons (Fsp3) is 0.357. The average Bonchev–Trinajstić information content (AvgIpc) is 2.64. The zero-order chi connectivity index (χ0) is 13.3. The van der Waals surface area contributed by atoms with E-state index in [1.807, 2.05) is 45.0 Å². The molecule has 18 heavy (non-hydrogen) atoms. The summed E-state index contributed by atoms with van der Waals surface area (Å²) in [6, 6.07) is 9.26. The Balaban J connectivity index is 2.51. The predicted octanol–water partition coefficient (Wildman–Crippen LogP) is 2.92. The molecule has 0 spiro atoms. The second kappa shape index (κ2) is 4.46. The van der Waals surface area contributed by atoms with E-state index in [0.717, 1.165) is 10.9 Å². The Kier molecular flexibility index (Phi) is 3.13. The minimum Gasteiger partial charge on any atom is -0.443 e. The molecule has 0 fully saturated rings. The van der Waals surface area contributed by atoms with Crippen molar-refractivity contribution < 1.29 is 14.6 Å². The second-order valence-electron chi connectivity index (χ2n) is 5.17. The predicted molar refractivity (Wildman–Crippen MR) is 69.5 cm³/mol. The summed E-state index contributed by atoms with van der Waals surface area (Å²) < 4.78 is 6.76. The van der Waals surface area contributed by atoms with E-state index >= 15 is 0 Å². The molecule has 0 aliphatic heterocycles. The fourth-order valence-electron chi connectivity index (χ4n) is 1.85. The van der Waals surface area contributed by atoms with Crippen molar-refractivity contribution in [2.75, 3.05) is 0 Å². The molecule has 1 aromatic heterocycles. The summed E-state index contributed by atoms with van der Waals surface area (Å²) in [6.45, 7) is 5.24. The summed E-state index contributed by atoms with van der Waals surface area (Å²) in [5, 5.41) is 10.2. The van der Waals surface area contributed by atoms with E-state index in [2.05, 4.69) is 0 Å². The molecule has 0 saturated heterocycles. The number of nitrogens with zero attached hydrogens (tertiary/aromatic N) is 1. The molecule has 96 valence electrons. The van der Waals surface area contributed by atoms with Crippen LogP contribution in [-0.4, -0.2) is 21.4 Å². The van der Waals surface area contributed by atoms with Gasteiger partial charge in [-0.05, 0) is 32.9 Å². The molecule has 0 amide bonds. The van der Waals surface area contributed by atoms with Crippen molar-refractivity contribution in [2.45, 2.75) is 33.0 Å². The molecule has 1 heterocycles. The molecule has 2 aromatic rings. The van der Waals surface area contributed by atoms with Gasteiger partial charge in [-0.25, -0.2) is 9.36 Å². The number of para-hydroxylation sites is 1. The minimum atomic E-state index is -0.560. The molecular weight excluding hydrogens is 230 g/mol. The lowest BCUT2D eigenvalue weighted by atomic mass is 10.2. The average molecular weight is 247 g/mol. The van der Waals surface area contributed by atoms with Crippen LogP contribution in [0.3, 0.4) is 0 Å². The van der Waals surface area contributed by atoms with Crippen LogP contribution in [0, 0.1) is 0 Å². The maximum absolute atomic E-state index is 12.1. The molecule has 0 atom stereocenters. The molecule has 0 unspecified atom stereocenters. The van der Waals surface area contributed by atoms with E-state index in [1.165, 1.54) is 4.57 Å². The molecule has 4 nitrogen and oxygen atoms in total. The smallest absolute Gasteiger partial charge is 0.419 e. The van der Waals surface area contributed by atoms with E-state index in [4.69, 9.17) is 4.74 Å². The van der Waals surface area contributed by atoms with Crippen LogP contribution in [0.1, 0.15) is 26.5 Å². The molecule has 0 aliphatic rings. The highest BCUT2D eigenvalue weighted by molar-refractivity contribution is 5.90. The van der Waals surface area contributed by atoms with Crippen molar-refractivity contribution in [2.24, 2.45) is 0 Å². The maximum atomic E-state index is 12.1. The first-order valence-corrected chi connectivity index (χ1v) is 5.86. The van der Waals surface area contributed by atoms with Gasteiger partial charge in [0.1, 0.15) is 5.60 Å². The van der Waals surface area contributed by atoms with Gasteiger partial charge in [-0.2, -0.15) is 0 Å². The Bertz CT molecular complexity index is 578. The van der Waals surface area contributed by atoms with Crippen LogP contribution in [0.5, 0.6) is 0 Å². The molecule has 0 aliphatic carbocycles. The van der Waals surface area contributed by atoms with Crippen molar-refractivity contribution in [1.29, 1.82) is 0 Å². The van der Waals surface area contributed by atoms with Crippen molar-refractivity contribution >= 4 is 17.0 Å². The SMILES string of the molecule is CC(C)(C)OC(=O)n1c(CO)cc2ccccc21. The molecule has 2 rings (SSSR count). The Hall–Kier alpha value is -1.81. The van der Waals surface area contributed by atoms with E-state index in [9.17, 15) is 9.90 Å². The third kappa shape index (κ3) is 2.38. The van der Waals surface area contributed by atoms with Crippen LogP contribution in [0.4, 0.5) is 4.79 Å². The molecule has 4 heteroatoms. The quantitative estimate of drug-likeness (QED) is 0.843. The van der Waals surface area contributed by atoms with Crippen molar-refractivity contribution in [1.82, 2.24) is 4.57 Å². The van der Waals surface area contributed by atoms with Gasteiger partial charge in [0.2, 0.25) is 0 Å². The van der Waals surface area contributed by atoms with Gasteiger partial charge in [0.25, 0.3) is 0 Å². The maximum Gasteiger partial charge on any atom is 0.419 e. The first-order valence-electron chi connectivity index (χ1n) is 5.86. The number of benzene rings is 1. The summed E-state index contributed by atoms with van der Waals surface area (Å²) in [5.41, 5.74) is 0.719. The standard InChI is InChI=1S/C14H17NO3/c1-14(2,3)18-13(17)15-11(9-16)8-10-6-4-5-7-12(10)15/h4-8,16H,9H2,1-3H3. The summed E-state index contributed by atoms with van der Waals surface area (Å²) >= 11 is 0. The zero-order valence-corrected chi connectivity index (χ0v) is 10.8. The third-order valence-electron chi connectivity index (χ3n) is 2.53. The lowest BCUT2D eigenvalue weighted by molar-refractivity contribution is 0.0533. The molecule has 1 N–H and O–H groups in total. The third-order valence-corrected chi connectivity index (χ3v) is 2.53. The Morgan fingerprint density at radius 1 is 1.33 bits per heavy atom. The molecular formula is C14H17NO3. The number of hydrogen-bond acceptors (Lipinski definition) is 3. The van der Waals surface area contributed by atoms with Crippen LogP contribution in [0.2, 0.25) is 0 Å². The number of carbonyl (C=O) groups is 1. The van der Waals surface area contributed by atoms with Gasteiger partial charge in [0.05, 0.1) is 17.8 Å². The topological polar surface area (TPSA) is 51.5 Å². The minimum absolute atomic E-state index is 0.200. The monoisotopic (exact) mass is 247 g/mol. The van der Waals surface area contributed by atoms with Crippen LogP contribution >= 0.6 is 0 Å². The van der Waals surface area contributed by atoms with Crippen LogP contribution in [0.25, 0.3) is 10.9 Å². The Morgan fingerprint density at radius 2 is 2.00 bits per heavy atom. The van der Waals surface area contributed by atoms with Gasteiger partial charge < -0.3 is 9.84 Å². The van der Waals surface area contributed by atoms with Gasteiger partial charge in [0.15, 0.2) is 0 Å². The highest BCUT2D eigenvalue weighted by atomic mass is 16.6. The summed E-state index contributed by atoms with van der Waals surface area (Å²) in [7, 11) is 0. The van der Waals surface area contributed by atoms with Gasteiger partial charge in [-0.1, -0.05) is 18.2 Å². The van der Waals surface area contributed by atoms with Gasteiger partial charge in [-0.3, -0.25) is 0 Å². The normalized spacial score (nSPS) is 11.8. The van der Waals surface area contributed by atoms with Crippen LogP contribution in [-0.2, 0) is 11.3 Å². The molecule has 0 bridgehead atoms. The fourth-order valence-corrected chi connectivity index (χ4v) is 1.85. The first kappa shape index (κ1) is 12.6. The number of aliphatic hydroxyl groups is 1. The molecule has 1 aromatic carbocycles. The number of rotatable bonds is 1. The number of aromatic nitrogens is 1. The van der Waals surface area contributed by atoms with E-state index < -0.39 is 11.7 Å². The van der Waals surface area contributed by atoms with Gasteiger partial charge in [0, 0.05) is 5.39 Å². The van der Waals surface area contributed by atoms with E-state index in [0.29, 0.717) is 5.69 Å². The number of fused-ring (bicyclic) bond motifs is 1. The zero-order valence-electron chi connectivity index (χ0n) is 10.8. The Morgan fingerprint density at radius 3 is 2.61 bits per heavy atom. The molecule has 0 radical (unpaired) electrons. The number of ether oxygens (including phenoxy) is 1. The number of hydrogen-bond donors (Lipinski definition) is 1.